The molecule has 178 valence electrons. The van der Waals surface area contributed by atoms with Gasteiger partial charge in [-0.25, -0.2) is 9.59 Å². The van der Waals surface area contributed by atoms with Crippen LogP contribution in [0.1, 0.15) is 35.1 Å². The maximum Gasteiger partial charge on any atom is 0.407 e. The molecular weight excluding hydrogens is 428 g/mol. The number of rotatable bonds is 12. The maximum absolute atomic E-state index is 11.9. The molecule has 0 radical (unpaired) electrons. The van der Waals surface area contributed by atoms with Crippen molar-refractivity contribution in [3.8, 4) is 0 Å². The molecule has 3 rings (SSSR count). The van der Waals surface area contributed by atoms with Gasteiger partial charge in [-0.15, -0.1) is 0 Å². The first-order chi connectivity index (χ1) is 16.7. The van der Waals surface area contributed by atoms with Crippen molar-refractivity contribution in [1.29, 1.82) is 0 Å². The minimum absolute atomic E-state index is 0.356. The second-order valence-electron chi connectivity index (χ2n) is 7.98. The molecule has 2 N–H and O–H groups in total. The summed E-state index contributed by atoms with van der Waals surface area (Å²) < 4.78 is 10.5. The van der Waals surface area contributed by atoms with E-state index in [4.69, 9.17) is 9.47 Å². The van der Waals surface area contributed by atoms with Gasteiger partial charge >= 0.3 is 12.2 Å². The number of amides is 2. The summed E-state index contributed by atoms with van der Waals surface area (Å²) in [7, 11) is 0. The highest BCUT2D eigenvalue weighted by atomic mass is 16.6. The second-order valence-corrected chi connectivity index (χ2v) is 7.98. The fourth-order valence-corrected chi connectivity index (χ4v) is 3.47. The van der Waals surface area contributed by atoms with Gasteiger partial charge in [0.15, 0.2) is 0 Å². The molecule has 0 heterocycles. The largest absolute Gasteiger partial charge is 0.450 e. The lowest BCUT2D eigenvalue weighted by Gasteiger charge is -2.10. The molecule has 0 aromatic heterocycles. The zero-order valence-electron chi connectivity index (χ0n) is 19.4. The van der Waals surface area contributed by atoms with Gasteiger partial charge in [-0.3, -0.25) is 0 Å². The van der Waals surface area contributed by atoms with Crippen LogP contribution in [-0.2, 0) is 35.4 Å². The summed E-state index contributed by atoms with van der Waals surface area (Å²) in [4.78, 5) is 23.9. The number of carbonyl (C=O) groups is 2. The smallest absolute Gasteiger partial charge is 0.407 e. The molecule has 0 fully saturated rings. The van der Waals surface area contributed by atoms with E-state index in [0.717, 1.165) is 36.8 Å². The lowest BCUT2D eigenvalue weighted by Crippen LogP contribution is -2.25. The highest BCUT2D eigenvalue weighted by molar-refractivity contribution is 5.67. The van der Waals surface area contributed by atoms with Crippen LogP contribution in [-0.4, -0.2) is 25.4 Å². The first-order valence-electron chi connectivity index (χ1n) is 11.7. The Balaban J connectivity index is 1.27. The van der Waals surface area contributed by atoms with Crippen LogP contribution < -0.4 is 10.6 Å². The van der Waals surface area contributed by atoms with Crippen molar-refractivity contribution in [1.82, 2.24) is 10.6 Å². The predicted octanol–water partition coefficient (Wildman–Crippen LogP) is 5.40. The van der Waals surface area contributed by atoms with Crippen LogP contribution in [0.2, 0.25) is 0 Å². The number of aryl methyl sites for hydroxylation is 2. The summed E-state index contributed by atoms with van der Waals surface area (Å²) in [5.41, 5.74) is 4.31. The number of hydrogen-bond donors (Lipinski definition) is 2. The first kappa shape index (κ1) is 24.8. The lowest BCUT2D eigenvalue weighted by atomic mass is 10.1. The van der Waals surface area contributed by atoms with Crippen LogP contribution >= 0.6 is 0 Å². The predicted molar refractivity (Wildman–Crippen MR) is 132 cm³/mol. The molecule has 0 unspecified atom stereocenters. The third-order valence-electron chi connectivity index (χ3n) is 5.24. The van der Waals surface area contributed by atoms with Gasteiger partial charge in [-0.05, 0) is 47.9 Å². The van der Waals surface area contributed by atoms with Gasteiger partial charge in [-0.1, -0.05) is 84.9 Å². The summed E-state index contributed by atoms with van der Waals surface area (Å²) in [5, 5.41) is 5.53. The molecular formula is C28H32N2O4. The average Bonchev–Trinajstić information content (AvgIpc) is 2.88. The van der Waals surface area contributed by atoms with Crippen LogP contribution in [0, 0.1) is 0 Å². The van der Waals surface area contributed by atoms with E-state index in [-0.39, 0.29) is 0 Å². The van der Waals surface area contributed by atoms with Crippen LogP contribution in [0.3, 0.4) is 0 Å². The Morgan fingerprint density at radius 1 is 0.559 bits per heavy atom. The van der Waals surface area contributed by atoms with Crippen LogP contribution in [0.25, 0.3) is 0 Å². The zero-order valence-corrected chi connectivity index (χ0v) is 19.4. The first-order valence-corrected chi connectivity index (χ1v) is 11.7. The average molecular weight is 461 g/mol. The van der Waals surface area contributed by atoms with Gasteiger partial charge in [-0.2, -0.15) is 0 Å². The summed E-state index contributed by atoms with van der Waals surface area (Å²) in [6.07, 6.45) is 2.44. The molecule has 0 saturated heterocycles. The van der Waals surface area contributed by atoms with E-state index in [1.807, 2.05) is 60.7 Å². The summed E-state index contributed by atoms with van der Waals surface area (Å²) in [6.45, 7) is 1.46. The molecule has 0 aliphatic heterocycles. The van der Waals surface area contributed by atoms with Crippen molar-refractivity contribution in [2.24, 2.45) is 0 Å². The van der Waals surface area contributed by atoms with Crippen molar-refractivity contribution in [3.05, 3.63) is 107 Å². The third kappa shape index (κ3) is 9.77. The van der Waals surface area contributed by atoms with E-state index in [2.05, 4.69) is 34.9 Å². The third-order valence-corrected chi connectivity index (χ3v) is 5.24. The van der Waals surface area contributed by atoms with Crippen molar-refractivity contribution in [2.45, 2.75) is 38.8 Å². The van der Waals surface area contributed by atoms with Crippen molar-refractivity contribution >= 4 is 12.2 Å². The van der Waals surface area contributed by atoms with Crippen molar-refractivity contribution < 1.29 is 19.1 Å². The van der Waals surface area contributed by atoms with Crippen molar-refractivity contribution in [2.75, 3.05) is 13.2 Å². The fourth-order valence-electron chi connectivity index (χ4n) is 3.47. The Morgan fingerprint density at radius 2 is 0.971 bits per heavy atom. The van der Waals surface area contributed by atoms with Gasteiger partial charge in [0.1, 0.15) is 0 Å². The summed E-state index contributed by atoms with van der Waals surface area (Å²) >= 11 is 0. The monoisotopic (exact) mass is 460 g/mol. The number of carbonyl (C=O) groups excluding carboxylic acids is 2. The van der Waals surface area contributed by atoms with E-state index in [9.17, 15) is 9.59 Å². The number of hydrogen-bond acceptors (Lipinski definition) is 4. The highest BCUT2D eigenvalue weighted by Gasteiger charge is 2.05. The van der Waals surface area contributed by atoms with Crippen LogP contribution in [0.4, 0.5) is 9.59 Å². The molecule has 0 atom stereocenters. The molecule has 0 bridgehead atoms. The molecule has 6 nitrogen and oxygen atoms in total. The summed E-state index contributed by atoms with van der Waals surface area (Å²) in [5.74, 6) is 0. The molecule has 0 saturated carbocycles. The minimum Gasteiger partial charge on any atom is -0.450 e. The van der Waals surface area contributed by atoms with Gasteiger partial charge in [0, 0.05) is 13.1 Å². The quantitative estimate of drug-likeness (QED) is 0.355. The molecule has 2 amide bonds. The Bertz CT molecular complexity index is 930. The Kier molecular flexibility index (Phi) is 10.5. The van der Waals surface area contributed by atoms with E-state index >= 15 is 0 Å². The number of nitrogens with one attached hydrogen (secondary N) is 2. The molecule has 3 aromatic rings. The van der Waals surface area contributed by atoms with Crippen LogP contribution in [0.5, 0.6) is 0 Å². The van der Waals surface area contributed by atoms with Crippen molar-refractivity contribution in [3.63, 3.8) is 0 Å². The Labute approximate surface area is 201 Å². The standard InChI is InChI=1S/C28H32N2O4/c31-27(33-18-8-16-23-10-3-1-4-11-23)29-21-25-14-7-15-26(20-25)22-30-28(32)34-19-9-17-24-12-5-2-6-13-24/h1-7,10-15,20H,8-9,16-19,21-22H2,(H,29,31)(H,30,32). The van der Waals surface area contributed by atoms with Gasteiger partial charge in [0.05, 0.1) is 13.2 Å². The highest BCUT2D eigenvalue weighted by Crippen LogP contribution is 2.07. The van der Waals surface area contributed by atoms with E-state index < -0.39 is 12.2 Å². The minimum atomic E-state index is -0.435. The van der Waals surface area contributed by atoms with E-state index in [1.54, 1.807) is 0 Å². The second kappa shape index (κ2) is 14.4. The van der Waals surface area contributed by atoms with E-state index in [1.165, 1.54) is 11.1 Å². The normalized spacial score (nSPS) is 10.4. The Hall–Kier alpha value is -3.80. The number of benzene rings is 3. The van der Waals surface area contributed by atoms with Gasteiger partial charge in [0.2, 0.25) is 0 Å². The lowest BCUT2D eigenvalue weighted by molar-refractivity contribution is 0.143. The SMILES string of the molecule is O=C(NCc1cccc(CNC(=O)OCCCc2ccccc2)c1)OCCCc1ccccc1. The molecule has 0 aliphatic rings. The number of ether oxygens (including phenoxy) is 2. The van der Waals surface area contributed by atoms with E-state index in [0.29, 0.717) is 26.3 Å². The Morgan fingerprint density at radius 3 is 1.41 bits per heavy atom. The number of alkyl carbamates (subject to hydrolysis) is 2. The molecule has 34 heavy (non-hydrogen) atoms. The summed E-state index contributed by atoms with van der Waals surface area (Å²) in [6, 6.07) is 27.9. The topological polar surface area (TPSA) is 76.7 Å². The van der Waals surface area contributed by atoms with Crippen LogP contribution in [0.15, 0.2) is 84.9 Å². The molecule has 6 heteroatoms. The molecule has 0 spiro atoms. The maximum atomic E-state index is 11.9. The van der Waals surface area contributed by atoms with Gasteiger partial charge < -0.3 is 20.1 Å². The molecule has 3 aromatic carbocycles. The zero-order chi connectivity index (χ0) is 23.8. The van der Waals surface area contributed by atoms with Gasteiger partial charge in [0.25, 0.3) is 0 Å². The fraction of sp³-hybridized carbons (Fsp3) is 0.286. The molecule has 0 aliphatic carbocycles.